The largest absolute Gasteiger partial charge is 0.481 e. The molecule has 0 radical (unpaired) electrons. The second kappa shape index (κ2) is 8.90. The maximum atomic E-state index is 11.5. The molecule has 3 N–H and O–H groups in total. The Kier molecular flexibility index (Phi) is 7.10. The van der Waals surface area contributed by atoms with E-state index in [0.717, 1.165) is 24.2 Å². The van der Waals surface area contributed by atoms with E-state index in [1.807, 2.05) is 25.1 Å². The first-order valence-corrected chi connectivity index (χ1v) is 6.74. The third kappa shape index (κ3) is 7.35. The van der Waals surface area contributed by atoms with Gasteiger partial charge in [-0.25, -0.2) is 4.79 Å². The Morgan fingerprint density at radius 3 is 2.70 bits per heavy atom. The van der Waals surface area contributed by atoms with Crippen LogP contribution in [0.5, 0.6) is 0 Å². The van der Waals surface area contributed by atoms with Gasteiger partial charge in [0.05, 0.1) is 12.2 Å². The van der Waals surface area contributed by atoms with Crippen molar-refractivity contribution in [1.82, 2.24) is 15.6 Å². The molecule has 0 bridgehead atoms. The molecular formula is C14H21N3O3. The third-order valence-electron chi connectivity index (χ3n) is 2.73. The van der Waals surface area contributed by atoms with Crippen LogP contribution < -0.4 is 10.6 Å². The van der Waals surface area contributed by atoms with Gasteiger partial charge >= 0.3 is 12.0 Å². The maximum absolute atomic E-state index is 11.5. The molecule has 20 heavy (non-hydrogen) atoms. The van der Waals surface area contributed by atoms with Gasteiger partial charge < -0.3 is 15.7 Å². The van der Waals surface area contributed by atoms with E-state index >= 15 is 0 Å². The minimum absolute atomic E-state index is 0.186. The summed E-state index contributed by atoms with van der Waals surface area (Å²) in [7, 11) is 0. The van der Waals surface area contributed by atoms with Crippen LogP contribution in [0.4, 0.5) is 4.79 Å². The van der Waals surface area contributed by atoms with Gasteiger partial charge in [0.1, 0.15) is 0 Å². The number of carbonyl (C=O) groups excluding carboxylic acids is 1. The van der Waals surface area contributed by atoms with Crippen molar-refractivity contribution in [1.29, 1.82) is 0 Å². The van der Waals surface area contributed by atoms with E-state index in [2.05, 4.69) is 15.6 Å². The molecule has 0 saturated carbocycles. The minimum Gasteiger partial charge on any atom is -0.481 e. The summed E-state index contributed by atoms with van der Waals surface area (Å²) in [5.74, 6) is -0.777. The zero-order valence-corrected chi connectivity index (χ0v) is 11.7. The number of hydrogen-bond donors (Lipinski definition) is 3. The van der Waals surface area contributed by atoms with Crippen molar-refractivity contribution < 1.29 is 14.7 Å². The molecule has 6 nitrogen and oxygen atoms in total. The molecular weight excluding hydrogens is 258 g/mol. The number of carbonyl (C=O) groups is 2. The van der Waals surface area contributed by atoms with Crippen molar-refractivity contribution in [2.24, 2.45) is 0 Å². The number of urea groups is 1. The summed E-state index contributed by atoms with van der Waals surface area (Å²) in [5, 5.41) is 13.9. The van der Waals surface area contributed by atoms with Crippen LogP contribution in [0.2, 0.25) is 0 Å². The lowest BCUT2D eigenvalue weighted by molar-refractivity contribution is -0.137. The first-order chi connectivity index (χ1) is 9.58. The predicted octanol–water partition coefficient (Wildman–Crippen LogP) is 1.83. The number of carboxylic acids is 1. The molecule has 0 aromatic carbocycles. The molecule has 0 spiro atoms. The molecule has 6 heteroatoms. The van der Waals surface area contributed by atoms with Gasteiger partial charge in [-0.2, -0.15) is 0 Å². The maximum Gasteiger partial charge on any atom is 0.315 e. The molecule has 1 heterocycles. The first kappa shape index (κ1) is 15.9. The number of pyridine rings is 1. The monoisotopic (exact) mass is 279 g/mol. The molecule has 1 rings (SSSR count). The van der Waals surface area contributed by atoms with Gasteiger partial charge in [-0.1, -0.05) is 12.5 Å². The van der Waals surface area contributed by atoms with Gasteiger partial charge in [0.2, 0.25) is 0 Å². The van der Waals surface area contributed by atoms with Gasteiger partial charge in [-0.3, -0.25) is 9.78 Å². The highest BCUT2D eigenvalue weighted by Gasteiger charge is 2.01. The van der Waals surface area contributed by atoms with Crippen molar-refractivity contribution in [2.75, 3.05) is 6.54 Å². The third-order valence-corrected chi connectivity index (χ3v) is 2.73. The van der Waals surface area contributed by atoms with Crippen LogP contribution in [-0.4, -0.2) is 28.6 Å². The van der Waals surface area contributed by atoms with Crippen LogP contribution in [0.25, 0.3) is 0 Å². The number of amides is 2. The average molecular weight is 279 g/mol. The molecule has 0 aliphatic carbocycles. The van der Waals surface area contributed by atoms with E-state index in [1.165, 1.54) is 0 Å². The Labute approximate surface area is 118 Å². The van der Waals surface area contributed by atoms with Gasteiger partial charge in [-0.15, -0.1) is 0 Å². The van der Waals surface area contributed by atoms with Gasteiger partial charge in [0.15, 0.2) is 0 Å². The Bertz CT molecular complexity index is 449. The fourth-order valence-corrected chi connectivity index (χ4v) is 1.71. The number of hydrogen-bond acceptors (Lipinski definition) is 3. The van der Waals surface area contributed by atoms with Gasteiger partial charge in [0, 0.05) is 18.7 Å². The van der Waals surface area contributed by atoms with Crippen LogP contribution in [0.15, 0.2) is 18.2 Å². The molecule has 0 unspecified atom stereocenters. The minimum atomic E-state index is -0.777. The highest BCUT2D eigenvalue weighted by atomic mass is 16.4. The smallest absolute Gasteiger partial charge is 0.315 e. The second-order valence-electron chi connectivity index (χ2n) is 4.58. The fraction of sp³-hybridized carbons (Fsp3) is 0.500. The summed E-state index contributed by atoms with van der Waals surface area (Å²) >= 11 is 0. The van der Waals surface area contributed by atoms with Crippen LogP contribution >= 0.6 is 0 Å². The SMILES string of the molecule is Cc1cccc(CNC(=O)NCCCCCC(=O)O)n1. The topological polar surface area (TPSA) is 91.3 Å². The summed E-state index contributed by atoms with van der Waals surface area (Å²) in [6, 6.07) is 5.44. The van der Waals surface area contributed by atoms with E-state index in [0.29, 0.717) is 19.5 Å². The Morgan fingerprint density at radius 1 is 1.20 bits per heavy atom. The van der Waals surface area contributed by atoms with Crippen molar-refractivity contribution in [3.05, 3.63) is 29.6 Å². The van der Waals surface area contributed by atoms with E-state index in [-0.39, 0.29) is 12.5 Å². The van der Waals surface area contributed by atoms with Gasteiger partial charge in [0.25, 0.3) is 0 Å². The summed E-state index contributed by atoms with van der Waals surface area (Å²) in [6.45, 7) is 2.85. The molecule has 1 aromatic rings. The lowest BCUT2D eigenvalue weighted by atomic mass is 10.2. The van der Waals surface area contributed by atoms with Crippen molar-refractivity contribution in [2.45, 2.75) is 39.2 Å². The molecule has 110 valence electrons. The molecule has 0 fully saturated rings. The summed E-state index contributed by atoms with van der Waals surface area (Å²) in [6.07, 6.45) is 2.41. The summed E-state index contributed by atoms with van der Waals surface area (Å²) < 4.78 is 0. The van der Waals surface area contributed by atoms with Gasteiger partial charge in [-0.05, 0) is 31.9 Å². The zero-order valence-electron chi connectivity index (χ0n) is 11.7. The molecule has 2 amide bonds. The number of nitrogens with one attached hydrogen (secondary N) is 2. The molecule has 1 aromatic heterocycles. The number of nitrogens with zero attached hydrogens (tertiary/aromatic N) is 1. The number of unbranched alkanes of at least 4 members (excludes halogenated alkanes) is 2. The normalized spacial score (nSPS) is 10.1. The van der Waals surface area contributed by atoms with Crippen molar-refractivity contribution in [3.63, 3.8) is 0 Å². The Hall–Kier alpha value is -2.11. The molecule has 0 atom stereocenters. The van der Waals surface area contributed by atoms with E-state index in [4.69, 9.17) is 5.11 Å². The van der Waals surface area contributed by atoms with Crippen LogP contribution in [-0.2, 0) is 11.3 Å². The Balaban J connectivity index is 2.07. The molecule has 0 aliphatic rings. The highest BCUT2D eigenvalue weighted by Crippen LogP contribution is 1.99. The molecule has 0 aliphatic heterocycles. The Morgan fingerprint density at radius 2 is 2.00 bits per heavy atom. The number of rotatable bonds is 8. The molecule has 0 saturated heterocycles. The van der Waals surface area contributed by atoms with E-state index < -0.39 is 5.97 Å². The predicted molar refractivity (Wildman–Crippen MR) is 75.3 cm³/mol. The van der Waals surface area contributed by atoms with Crippen LogP contribution in [0.3, 0.4) is 0 Å². The average Bonchev–Trinajstić information content (AvgIpc) is 2.40. The quantitative estimate of drug-likeness (QED) is 0.633. The summed E-state index contributed by atoms with van der Waals surface area (Å²) in [5.41, 5.74) is 1.74. The first-order valence-electron chi connectivity index (χ1n) is 6.74. The highest BCUT2D eigenvalue weighted by molar-refractivity contribution is 5.73. The number of aryl methyl sites for hydroxylation is 1. The lowest BCUT2D eigenvalue weighted by Crippen LogP contribution is -2.35. The lowest BCUT2D eigenvalue weighted by Gasteiger charge is -2.07. The fourth-order valence-electron chi connectivity index (χ4n) is 1.71. The van der Waals surface area contributed by atoms with E-state index in [9.17, 15) is 9.59 Å². The van der Waals surface area contributed by atoms with E-state index in [1.54, 1.807) is 0 Å². The standard InChI is InChI=1S/C14H21N3O3/c1-11-6-5-7-12(17-11)10-16-14(20)15-9-4-2-3-8-13(18)19/h5-7H,2-4,8-10H2,1H3,(H,18,19)(H2,15,16,20). The second-order valence-corrected chi connectivity index (χ2v) is 4.58. The zero-order chi connectivity index (χ0) is 14.8. The number of carboxylic acid groups (broad SMARTS) is 1. The van der Waals surface area contributed by atoms with Crippen molar-refractivity contribution >= 4 is 12.0 Å². The van der Waals surface area contributed by atoms with Crippen molar-refractivity contribution in [3.8, 4) is 0 Å². The van der Waals surface area contributed by atoms with Crippen LogP contribution in [0, 0.1) is 6.92 Å². The number of aliphatic carboxylic acids is 1. The summed E-state index contributed by atoms with van der Waals surface area (Å²) in [4.78, 5) is 26.1. The van der Waals surface area contributed by atoms with Crippen LogP contribution in [0.1, 0.15) is 37.1 Å². The number of aromatic nitrogens is 1.